The van der Waals surface area contributed by atoms with Gasteiger partial charge in [-0.25, -0.2) is 0 Å². The molecule has 0 aromatic heterocycles. The molecule has 3 heterocycles. The molecule has 3 unspecified atom stereocenters. The molecule has 4 rings (SSSR count). The lowest BCUT2D eigenvalue weighted by molar-refractivity contribution is -0.351. The van der Waals surface area contributed by atoms with Crippen LogP contribution in [0.5, 0.6) is 5.75 Å². The zero-order valence-corrected chi connectivity index (χ0v) is 23.5. The van der Waals surface area contributed by atoms with Gasteiger partial charge in [-0.05, 0) is 58.7 Å². The number of hydroxylamine groups is 2. The maximum Gasteiger partial charge on any atom is 0.172 e. The Hall–Kier alpha value is -1.18. The molecule has 3 saturated heterocycles. The average molecular weight is 504 g/mol. The van der Waals surface area contributed by atoms with E-state index in [9.17, 15) is 0 Å². The number of ether oxygens (including phenoxy) is 4. The van der Waals surface area contributed by atoms with Crippen LogP contribution in [0.4, 0.5) is 0 Å². The second-order valence-electron chi connectivity index (χ2n) is 12.4. The van der Waals surface area contributed by atoms with E-state index in [1.165, 1.54) is 38.5 Å². The fraction of sp³-hybridized carbons (Fsp3) is 0.800. The Morgan fingerprint density at radius 3 is 2.19 bits per heavy atom. The van der Waals surface area contributed by atoms with Crippen molar-refractivity contribution in [3.05, 3.63) is 29.8 Å². The number of rotatable bonds is 13. The van der Waals surface area contributed by atoms with Crippen LogP contribution in [0.15, 0.2) is 24.3 Å². The third-order valence-corrected chi connectivity index (χ3v) is 7.75. The van der Waals surface area contributed by atoms with Gasteiger partial charge in [0, 0.05) is 23.9 Å². The van der Waals surface area contributed by atoms with Gasteiger partial charge in [0.1, 0.15) is 24.6 Å². The molecule has 36 heavy (non-hydrogen) atoms. The maximum atomic E-state index is 6.66. The zero-order valence-electron chi connectivity index (χ0n) is 23.5. The zero-order chi connectivity index (χ0) is 25.8. The number of hydrogen-bond acceptors (Lipinski definition) is 6. The SMILES string of the molecule is CCCCCCCCC1COC2(CC(C)(C)N(OC(C)c3ccc(OCC4CO4)cc3)C(C)(C)C2)O1. The molecule has 3 fully saturated rings. The van der Waals surface area contributed by atoms with Crippen LogP contribution >= 0.6 is 0 Å². The molecule has 204 valence electrons. The molecule has 0 radical (unpaired) electrons. The Morgan fingerprint density at radius 2 is 1.56 bits per heavy atom. The summed E-state index contributed by atoms with van der Waals surface area (Å²) in [6, 6.07) is 8.22. The van der Waals surface area contributed by atoms with Gasteiger partial charge in [0.2, 0.25) is 0 Å². The van der Waals surface area contributed by atoms with E-state index in [0.29, 0.717) is 13.2 Å². The number of nitrogens with zero attached hydrogens (tertiary/aromatic N) is 1. The van der Waals surface area contributed by atoms with Gasteiger partial charge in [0.25, 0.3) is 0 Å². The van der Waals surface area contributed by atoms with Crippen molar-refractivity contribution in [1.29, 1.82) is 0 Å². The number of epoxide rings is 1. The Kier molecular flexibility index (Phi) is 9.04. The average Bonchev–Trinajstić information content (AvgIpc) is 3.58. The summed E-state index contributed by atoms with van der Waals surface area (Å²) in [5.74, 6) is 0.348. The van der Waals surface area contributed by atoms with Crippen molar-refractivity contribution >= 4 is 0 Å². The third-order valence-electron chi connectivity index (χ3n) is 7.75. The molecule has 1 spiro atoms. The lowest BCUT2D eigenvalue weighted by Crippen LogP contribution is -2.65. The van der Waals surface area contributed by atoms with Crippen LogP contribution in [-0.4, -0.2) is 54.0 Å². The summed E-state index contributed by atoms with van der Waals surface area (Å²) in [7, 11) is 0. The Morgan fingerprint density at radius 1 is 0.917 bits per heavy atom. The van der Waals surface area contributed by atoms with Crippen molar-refractivity contribution in [3.63, 3.8) is 0 Å². The first-order valence-corrected chi connectivity index (χ1v) is 14.3. The molecular formula is C30H49NO5. The number of benzene rings is 1. The number of hydrogen-bond donors (Lipinski definition) is 0. The van der Waals surface area contributed by atoms with E-state index in [-0.39, 0.29) is 29.4 Å². The molecule has 0 amide bonds. The summed E-state index contributed by atoms with van der Waals surface area (Å²) in [5.41, 5.74) is 0.654. The van der Waals surface area contributed by atoms with Crippen molar-refractivity contribution in [2.24, 2.45) is 0 Å². The van der Waals surface area contributed by atoms with E-state index < -0.39 is 5.79 Å². The molecule has 1 aromatic rings. The highest BCUT2D eigenvalue weighted by Gasteiger charge is 2.57. The molecular weight excluding hydrogens is 454 g/mol. The summed E-state index contributed by atoms with van der Waals surface area (Å²) in [6.07, 6.45) is 10.9. The van der Waals surface area contributed by atoms with E-state index in [4.69, 9.17) is 23.8 Å². The third kappa shape index (κ3) is 7.22. The Bertz CT molecular complexity index is 801. The van der Waals surface area contributed by atoms with Gasteiger partial charge >= 0.3 is 0 Å². The summed E-state index contributed by atoms with van der Waals surface area (Å²) in [5, 5.41) is 2.19. The van der Waals surface area contributed by atoms with Crippen molar-refractivity contribution in [2.75, 3.05) is 19.8 Å². The number of piperidine rings is 1. The van der Waals surface area contributed by atoms with Crippen LogP contribution in [0.1, 0.15) is 111 Å². The van der Waals surface area contributed by atoms with E-state index in [2.05, 4.69) is 58.7 Å². The maximum absolute atomic E-state index is 6.66. The molecule has 0 saturated carbocycles. The number of unbranched alkanes of at least 4 members (excludes halogenated alkanes) is 5. The van der Waals surface area contributed by atoms with E-state index in [1.54, 1.807) is 0 Å². The van der Waals surface area contributed by atoms with Gasteiger partial charge in [-0.3, -0.25) is 4.84 Å². The van der Waals surface area contributed by atoms with E-state index in [1.807, 2.05) is 12.1 Å². The lowest BCUT2D eigenvalue weighted by atomic mass is 9.78. The van der Waals surface area contributed by atoms with Crippen molar-refractivity contribution < 1.29 is 23.8 Å². The van der Waals surface area contributed by atoms with Gasteiger partial charge in [-0.1, -0.05) is 57.6 Å². The minimum absolute atomic E-state index is 0.0794. The molecule has 3 aliphatic rings. The highest BCUT2D eigenvalue weighted by molar-refractivity contribution is 5.28. The predicted molar refractivity (Wildman–Crippen MR) is 142 cm³/mol. The lowest BCUT2D eigenvalue weighted by Gasteiger charge is -2.56. The first-order valence-electron chi connectivity index (χ1n) is 14.3. The van der Waals surface area contributed by atoms with Crippen molar-refractivity contribution in [3.8, 4) is 5.75 Å². The normalized spacial score (nSPS) is 27.3. The highest BCUT2D eigenvalue weighted by Crippen LogP contribution is 2.49. The second kappa shape index (κ2) is 11.7. The fourth-order valence-electron chi connectivity index (χ4n) is 6.13. The van der Waals surface area contributed by atoms with Crippen LogP contribution in [0.25, 0.3) is 0 Å². The molecule has 3 atom stereocenters. The van der Waals surface area contributed by atoms with Crippen LogP contribution in [0, 0.1) is 0 Å². The van der Waals surface area contributed by atoms with E-state index in [0.717, 1.165) is 37.2 Å². The summed E-state index contributed by atoms with van der Waals surface area (Å²) >= 11 is 0. The van der Waals surface area contributed by atoms with Gasteiger partial charge < -0.3 is 18.9 Å². The molecule has 0 aliphatic carbocycles. The Labute approximate surface area is 218 Å². The highest BCUT2D eigenvalue weighted by atomic mass is 16.7. The minimum Gasteiger partial charge on any atom is -0.491 e. The topological polar surface area (TPSA) is 52.7 Å². The summed E-state index contributed by atoms with van der Waals surface area (Å²) in [4.78, 5) is 6.66. The summed E-state index contributed by atoms with van der Waals surface area (Å²) in [6.45, 7) is 15.5. The smallest absolute Gasteiger partial charge is 0.172 e. The van der Waals surface area contributed by atoms with E-state index >= 15 is 0 Å². The van der Waals surface area contributed by atoms with Gasteiger partial charge in [-0.15, -0.1) is 0 Å². The van der Waals surface area contributed by atoms with Crippen molar-refractivity contribution in [2.45, 2.75) is 135 Å². The van der Waals surface area contributed by atoms with Gasteiger partial charge in [0.05, 0.1) is 19.3 Å². The predicted octanol–water partition coefficient (Wildman–Crippen LogP) is 6.97. The minimum atomic E-state index is -0.521. The standard InChI is InChI=1S/C30H49NO5/c1-7-8-9-10-11-12-13-26-20-34-30(35-26)21-28(3,4)31(29(5,6)22-30)36-23(2)24-14-16-25(17-15-24)32-18-27-19-33-27/h14-17,23,26-27H,7-13,18-22H2,1-6H3. The molecule has 6 nitrogen and oxygen atoms in total. The summed E-state index contributed by atoms with van der Waals surface area (Å²) < 4.78 is 24.1. The van der Waals surface area contributed by atoms with Crippen LogP contribution in [-0.2, 0) is 19.0 Å². The van der Waals surface area contributed by atoms with Gasteiger partial charge in [-0.2, -0.15) is 5.06 Å². The molecule has 3 aliphatic heterocycles. The largest absolute Gasteiger partial charge is 0.491 e. The molecule has 1 aromatic carbocycles. The first-order chi connectivity index (χ1) is 17.1. The monoisotopic (exact) mass is 503 g/mol. The first kappa shape index (κ1) is 27.8. The van der Waals surface area contributed by atoms with Crippen LogP contribution in [0.2, 0.25) is 0 Å². The fourth-order valence-corrected chi connectivity index (χ4v) is 6.13. The van der Waals surface area contributed by atoms with Gasteiger partial charge in [0.15, 0.2) is 5.79 Å². The van der Waals surface area contributed by atoms with Crippen molar-refractivity contribution in [1.82, 2.24) is 5.06 Å². The molecule has 6 heteroatoms. The Balaban J connectivity index is 1.31. The second-order valence-corrected chi connectivity index (χ2v) is 12.4. The molecule has 0 N–H and O–H groups in total. The quantitative estimate of drug-likeness (QED) is 0.214. The van der Waals surface area contributed by atoms with Crippen LogP contribution < -0.4 is 4.74 Å². The van der Waals surface area contributed by atoms with Crippen LogP contribution in [0.3, 0.4) is 0 Å². The molecule has 0 bridgehead atoms.